The van der Waals surface area contributed by atoms with Crippen molar-refractivity contribution >= 4 is 12.2 Å². The van der Waals surface area contributed by atoms with Crippen LogP contribution in [0.3, 0.4) is 0 Å². The predicted molar refractivity (Wildman–Crippen MR) is 45.6 cm³/mol. The van der Waals surface area contributed by atoms with Crippen molar-refractivity contribution in [3.05, 3.63) is 0 Å². The minimum Gasteiger partial charge on any atom is -0.342 e. The standard InChI is InChI=1S/C9H15NO2/c1-7(2)9(12)10-4-3-8(5-10)6-11/h6-8H,3-5H2,1-2H3. The number of likely N-dealkylation sites (tertiary alicyclic amines) is 1. The number of nitrogens with zero attached hydrogens (tertiary/aromatic N) is 1. The largest absolute Gasteiger partial charge is 0.342 e. The third-order valence-electron chi connectivity index (χ3n) is 2.22. The Labute approximate surface area is 72.7 Å². The third-order valence-corrected chi connectivity index (χ3v) is 2.22. The van der Waals surface area contributed by atoms with Gasteiger partial charge in [-0.2, -0.15) is 0 Å². The van der Waals surface area contributed by atoms with Gasteiger partial charge in [0, 0.05) is 24.9 Å². The number of rotatable bonds is 2. The summed E-state index contributed by atoms with van der Waals surface area (Å²) in [5, 5.41) is 0. The fourth-order valence-electron chi connectivity index (χ4n) is 1.46. The SMILES string of the molecule is CC(C)C(=O)N1CCC(C=O)C1. The molecular weight excluding hydrogens is 154 g/mol. The predicted octanol–water partition coefficient (Wildman–Crippen LogP) is 0.690. The van der Waals surface area contributed by atoms with Crippen molar-refractivity contribution in [2.24, 2.45) is 11.8 Å². The Morgan fingerprint density at radius 1 is 1.58 bits per heavy atom. The quantitative estimate of drug-likeness (QED) is 0.570. The van der Waals surface area contributed by atoms with Crippen LogP contribution >= 0.6 is 0 Å². The van der Waals surface area contributed by atoms with E-state index >= 15 is 0 Å². The molecule has 1 amide bonds. The number of amides is 1. The van der Waals surface area contributed by atoms with Crippen LogP contribution in [0, 0.1) is 11.8 Å². The van der Waals surface area contributed by atoms with Crippen LogP contribution in [0.4, 0.5) is 0 Å². The molecule has 0 aromatic heterocycles. The normalized spacial score (nSPS) is 23.2. The summed E-state index contributed by atoms with van der Waals surface area (Å²) in [5.74, 6) is 0.294. The zero-order valence-corrected chi connectivity index (χ0v) is 7.62. The molecule has 1 rings (SSSR count). The molecule has 1 aliphatic rings. The molecule has 1 fully saturated rings. The lowest BCUT2D eigenvalue weighted by atomic mass is 10.1. The van der Waals surface area contributed by atoms with Crippen LogP contribution in [0.2, 0.25) is 0 Å². The molecule has 12 heavy (non-hydrogen) atoms. The van der Waals surface area contributed by atoms with Crippen LogP contribution in [-0.4, -0.2) is 30.2 Å². The smallest absolute Gasteiger partial charge is 0.225 e. The van der Waals surface area contributed by atoms with E-state index in [1.807, 2.05) is 13.8 Å². The Bertz CT molecular complexity index is 189. The molecular formula is C9H15NO2. The van der Waals surface area contributed by atoms with Crippen LogP contribution in [0.1, 0.15) is 20.3 Å². The fraction of sp³-hybridized carbons (Fsp3) is 0.778. The summed E-state index contributed by atoms with van der Waals surface area (Å²) in [6.45, 7) is 5.15. The average molecular weight is 169 g/mol. The van der Waals surface area contributed by atoms with Crippen molar-refractivity contribution in [1.82, 2.24) is 4.90 Å². The summed E-state index contributed by atoms with van der Waals surface area (Å²) in [6, 6.07) is 0. The highest BCUT2D eigenvalue weighted by Crippen LogP contribution is 2.15. The van der Waals surface area contributed by atoms with E-state index in [2.05, 4.69) is 0 Å². The lowest BCUT2D eigenvalue weighted by Crippen LogP contribution is -2.32. The highest BCUT2D eigenvalue weighted by molar-refractivity contribution is 5.79. The first-order valence-corrected chi connectivity index (χ1v) is 4.39. The number of aldehydes is 1. The molecule has 0 aromatic carbocycles. The van der Waals surface area contributed by atoms with Gasteiger partial charge in [0.15, 0.2) is 0 Å². The van der Waals surface area contributed by atoms with Gasteiger partial charge in [0.25, 0.3) is 0 Å². The molecule has 1 atom stereocenters. The van der Waals surface area contributed by atoms with Gasteiger partial charge in [-0.25, -0.2) is 0 Å². The van der Waals surface area contributed by atoms with Crippen molar-refractivity contribution in [3.8, 4) is 0 Å². The van der Waals surface area contributed by atoms with E-state index in [0.717, 1.165) is 19.3 Å². The number of hydrogen-bond acceptors (Lipinski definition) is 2. The van der Waals surface area contributed by atoms with Crippen molar-refractivity contribution in [3.63, 3.8) is 0 Å². The highest BCUT2D eigenvalue weighted by Gasteiger charge is 2.26. The van der Waals surface area contributed by atoms with E-state index in [1.54, 1.807) is 4.90 Å². The second-order valence-electron chi connectivity index (χ2n) is 3.62. The minimum atomic E-state index is 0.0513. The molecule has 0 radical (unpaired) electrons. The summed E-state index contributed by atoms with van der Waals surface area (Å²) in [4.78, 5) is 23.6. The molecule has 0 aliphatic carbocycles. The minimum absolute atomic E-state index is 0.0513. The summed E-state index contributed by atoms with van der Waals surface area (Å²) < 4.78 is 0. The zero-order chi connectivity index (χ0) is 9.14. The molecule has 1 unspecified atom stereocenters. The Morgan fingerprint density at radius 3 is 2.67 bits per heavy atom. The van der Waals surface area contributed by atoms with E-state index in [1.165, 1.54) is 0 Å². The molecule has 68 valence electrons. The lowest BCUT2D eigenvalue weighted by Gasteiger charge is -2.17. The van der Waals surface area contributed by atoms with Gasteiger partial charge in [-0.15, -0.1) is 0 Å². The van der Waals surface area contributed by atoms with Crippen LogP contribution in [0.25, 0.3) is 0 Å². The Hall–Kier alpha value is -0.860. The maximum Gasteiger partial charge on any atom is 0.225 e. The number of carbonyl (C=O) groups excluding carboxylic acids is 2. The maximum absolute atomic E-state index is 11.4. The average Bonchev–Trinajstić information content (AvgIpc) is 2.50. The molecule has 0 bridgehead atoms. The topological polar surface area (TPSA) is 37.4 Å². The van der Waals surface area contributed by atoms with Gasteiger partial charge in [-0.1, -0.05) is 13.8 Å². The van der Waals surface area contributed by atoms with E-state index in [4.69, 9.17) is 0 Å². The zero-order valence-electron chi connectivity index (χ0n) is 7.62. The van der Waals surface area contributed by atoms with E-state index in [-0.39, 0.29) is 17.7 Å². The van der Waals surface area contributed by atoms with E-state index in [0.29, 0.717) is 6.54 Å². The molecule has 3 nitrogen and oxygen atoms in total. The Balaban J connectivity index is 2.46. The Kier molecular flexibility index (Phi) is 2.84. The summed E-state index contributed by atoms with van der Waals surface area (Å²) in [6.07, 6.45) is 1.79. The van der Waals surface area contributed by atoms with Gasteiger partial charge in [0.2, 0.25) is 5.91 Å². The lowest BCUT2D eigenvalue weighted by molar-refractivity contribution is -0.133. The molecule has 0 saturated carbocycles. The molecule has 1 saturated heterocycles. The van der Waals surface area contributed by atoms with E-state index < -0.39 is 0 Å². The molecule has 0 spiro atoms. The van der Waals surface area contributed by atoms with Gasteiger partial charge >= 0.3 is 0 Å². The number of hydrogen-bond donors (Lipinski definition) is 0. The maximum atomic E-state index is 11.4. The first-order chi connectivity index (χ1) is 5.65. The van der Waals surface area contributed by atoms with Crippen molar-refractivity contribution in [1.29, 1.82) is 0 Å². The summed E-state index contributed by atoms with van der Waals surface area (Å²) in [5.41, 5.74) is 0. The van der Waals surface area contributed by atoms with Gasteiger partial charge in [0.05, 0.1) is 0 Å². The monoisotopic (exact) mass is 169 g/mol. The van der Waals surface area contributed by atoms with Crippen molar-refractivity contribution in [2.45, 2.75) is 20.3 Å². The molecule has 0 N–H and O–H groups in total. The summed E-state index contributed by atoms with van der Waals surface area (Å²) >= 11 is 0. The first kappa shape index (κ1) is 9.23. The van der Waals surface area contributed by atoms with Crippen LogP contribution in [-0.2, 0) is 9.59 Å². The third kappa shape index (κ3) is 1.84. The number of carbonyl (C=O) groups is 2. The fourth-order valence-corrected chi connectivity index (χ4v) is 1.46. The highest BCUT2D eigenvalue weighted by atomic mass is 16.2. The van der Waals surface area contributed by atoms with Gasteiger partial charge in [0.1, 0.15) is 6.29 Å². The molecule has 3 heteroatoms. The molecule has 1 aliphatic heterocycles. The summed E-state index contributed by atoms with van der Waals surface area (Å²) in [7, 11) is 0. The van der Waals surface area contributed by atoms with Crippen LogP contribution in [0.15, 0.2) is 0 Å². The van der Waals surface area contributed by atoms with Gasteiger partial charge in [-0.05, 0) is 6.42 Å². The molecule has 1 heterocycles. The second kappa shape index (κ2) is 3.70. The second-order valence-corrected chi connectivity index (χ2v) is 3.62. The molecule has 0 aromatic rings. The van der Waals surface area contributed by atoms with Gasteiger partial charge < -0.3 is 9.69 Å². The van der Waals surface area contributed by atoms with Crippen molar-refractivity contribution < 1.29 is 9.59 Å². The van der Waals surface area contributed by atoms with Crippen LogP contribution in [0.5, 0.6) is 0 Å². The van der Waals surface area contributed by atoms with Crippen molar-refractivity contribution in [2.75, 3.05) is 13.1 Å². The Morgan fingerprint density at radius 2 is 2.25 bits per heavy atom. The van der Waals surface area contributed by atoms with Gasteiger partial charge in [-0.3, -0.25) is 4.79 Å². The van der Waals surface area contributed by atoms with Crippen LogP contribution < -0.4 is 0 Å². The van der Waals surface area contributed by atoms with E-state index in [9.17, 15) is 9.59 Å². The first-order valence-electron chi connectivity index (χ1n) is 4.39.